The van der Waals surface area contributed by atoms with Gasteiger partial charge in [-0.25, -0.2) is 4.98 Å². The number of fused-ring (bicyclic) bond motifs is 1. The van der Waals surface area contributed by atoms with Crippen molar-refractivity contribution in [1.82, 2.24) is 4.98 Å². The van der Waals surface area contributed by atoms with Gasteiger partial charge < -0.3 is 15.2 Å². The van der Waals surface area contributed by atoms with Gasteiger partial charge in [0.25, 0.3) is 12.6 Å². The van der Waals surface area contributed by atoms with E-state index in [1.54, 1.807) is 22.9 Å². The highest BCUT2D eigenvalue weighted by molar-refractivity contribution is 5.92. The molecule has 0 bridgehead atoms. The summed E-state index contributed by atoms with van der Waals surface area (Å²) >= 11 is 0. The van der Waals surface area contributed by atoms with E-state index in [2.05, 4.69) is 4.98 Å². The number of nitrogens with zero attached hydrogens (tertiary/aromatic N) is 2. The van der Waals surface area contributed by atoms with Crippen LogP contribution in [0.15, 0.2) is 73.1 Å². The maximum absolute atomic E-state index is 11.1. The molecule has 0 aliphatic heterocycles. The van der Waals surface area contributed by atoms with E-state index < -0.39 is 5.91 Å². The van der Waals surface area contributed by atoms with Crippen LogP contribution in [-0.4, -0.2) is 24.1 Å². The molecule has 2 heterocycles. The molecule has 0 saturated carbocycles. The van der Waals surface area contributed by atoms with Crippen molar-refractivity contribution in [3.05, 3.63) is 78.6 Å². The standard InChI is InChI=1S/C20H19N3O3/c21-20(24)17-7-5-11-23(14-17)15-25-12-3-4-13-26-19-10-9-16-6-1-2-8-18(16)22-19/h1-11,14H,12-13,15H2,(H-,21,24)/p+1. The van der Waals surface area contributed by atoms with E-state index >= 15 is 0 Å². The summed E-state index contributed by atoms with van der Waals surface area (Å²) in [5.74, 6) is 0.131. The van der Waals surface area contributed by atoms with E-state index in [9.17, 15) is 4.79 Å². The van der Waals surface area contributed by atoms with Gasteiger partial charge in [0, 0.05) is 17.5 Å². The number of carbonyl (C=O) groups is 1. The summed E-state index contributed by atoms with van der Waals surface area (Å²) in [5, 5.41) is 1.08. The van der Waals surface area contributed by atoms with E-state index in [1.165, 1.54) is 0 Å². The van der Waals surface area contributed by atoms with E-state index in [0.717, 1.165) is 10.9 Å². The largest absolute Gasteiger partial charge is 0.473 e. The minimum atomic E-state index is -0.460. The third-order valence-electron chi connectivity index (χ3n) is 3.66. The maximum atomic E-state index is 11.1. The molecule has 0 spiro atoms. The van der Waals surface area contributed by atoms with Crippen LogP contribution in [0.25, 0.3) is 10.9 Å². The zero-order valence-electron chi connectivity index (χ0n) is 14.2. The van der Waals surface area contributed by atoms with Crippen molar-refractivity contribution in [3.63, 3.8) is 0 Å². The smallest absolute Gasteiger partial charge is 0.254 e. The zero-order valence-corrected chi connectivity index (χ0v) is 14.2. The lowest BCUT2D eigenvalue weighted by atomic mass is 10.2. The maximum Gasteiger partial charge on any atom is 0.254 e. The van der Waals surface area contributed by atoms with Crippen LogP contribution in [0.4, 0.5) is 0 Å². The number of hydrogen-bond donors (Lipinski definition) is 1. The average Bonchev–Trinajstić information content (AvgIpc) is 2.67. The van der Waals surface area contributed by atoms with Gasteiger partial charge in [-0.1, -0.05) is 24.3 Å². The molecular formula is C20H20N3O3+. The Bertz CT molecular complexity index is 925. The minimum Gasteiger partial charge on any atom is -0.473 e. The number of primary amides is 1. The Hall–Kier alpha value is -3.25. The Morgan fingerprint density at radius 3 is 2.81 bits per heavy atom. The van der Waals surface area contributed by atoms with Gasteiger partial charge in [-0.05, 0) is 24.3 Å². The highest BCUT2D eigenvalue weighted by atomic mass is 16.5. The van der Waals surface area contributed by atoms with Gasteiger partial charge in [0.15, 0.2) is 12.4 Å². The van der Waals surface area contributed by atoms with E-state index in [0.29, 0.717) is 31.4 Å². The first-order chi connectivity index (χ1) is 12.7. The van der Waals surface area contributed by atoms with Gasteiger partial charge >= 0.3 is 0 Å². The second kappa shape index (κ2) is 8.73. The van der Waals surface area contributed by atoms with E-state index in [1.807, 2.05) is 54.7 Å². The third-order valence-corrected chi connectivity index (χ3v) is 3.66. The number of benzene rings is 1. The zero-order chi connectivity index (χ0) is 18.2. The SMILES string of the molecule is NC(=O)c1ccc[n+](COCC=CCOc2ccc3ccccc3n2)c1. The predicted molar refractivity (Wildman–Crippen MR) is 97.5 cm³/mol. The molecule has 26 heavy (non-hydrogen) atoms. The van der Waals surface area contributed by atoms with Crippen LogP contribution in [0.2, 0.25) is 0 Å². The normalized spacial score (nSPS) is 11.1. The molecule has 0 aliphatic rings. The first-order valence-corrected chi connectivity index (χ1v) is 8.22. The topological polar surface area (TPSA) is 78.3 Å². The number of hydrogen-bond acceptors (Lipinski definition) is 4. The first-order valence-electron chi connectivity index (χ1n) is 8.22. The molecule has 6 nitrogen and oxygen atoms in total. The summed E-state index contributed by atoms with van der Waals surface area (Å²) in [5.41, 5.74) is 6.60. The summed E-state index contributed by atoms with van der Waals surface area (Å²) in [4.78, 5) is 15.6. The first kappa shape index (κ1) is 17.6. The van der Waals surface area contributed by atoms with Crippen molar-refractivity contribution in [3.8, 4) is 5.88 Å². The molecule has 1 amide bonds. The second-order valence-electron chi connectivity index (χ2n) is 5.60. The van der Waals surface area contributed by atoms with Crippen LogP contribution in [0, 0.1) is 0 Å². The summed E-state index contributed by atoms with van der Waals surface area (Å²) in [7, 11) is 0. The molecule has 2 aromatic heterocycles. The number of para-hydroxylation sites is 1. The Balaban J connectivity index is 1.40. The Labute approximate surface area is 151 Å². The lowest BCUT2D eigenvalue weighted by Crippen LogP contribution is -2.35. The van der Waals surface area contributed by atoms with Crippen molar-refractivity contribution >= 4 is 16.8 Å². The van der Waals surface area contributed by atoms with Crippen LogP contribution in [-0.2, 0) is 11.5 Å². The van der Waals surface area contributed by atoms with E-state index in [4.69, 9.17) is 15.2 Å². The number of carbonyl (C=O) groups excluding carboxylic acids is 1. The minimum absolute atomic E-state index is 0.332. The summed E-state index contributed by atoms with van der Waals surface area (Å²) in [6.07, 6.45) is 7.21. The fourth-order valence-electron chi connectivity index (χ4n) is 2.37. The van der Waals surface area contributed by atoms with E-state index in [-0.39, 0.29) is 0 Å². The van der Waals surface area contributed by atoms with Crippen molar-refractivity contribution in [2.45, 2.75) is 6.73 Å². The van der Waals surface area contributed by atoms with Gasteiger partial charge in [-0.2, -0.15) is 4.57 Å². The quantitative estimate of drug-likeness (QED) is 0.384. The van der Waals surface area contributed by atoms with Crippen LogP contribution in [0.3, 0.4) is 0 Å². The monoisotopic (exact) mass is 350 g/mol. The Kier molecular flexibility index (Phi) is 5.90. The van der Waals surface area contributed by atoms with Gasteiger partial charge in [-0.3, -0.25) is 4.79 Å². The molecule has 0 saturated heterocycles. The molecule has 132 valence electrons. The van der Waals surface area contributed by atoms with Crippen LogP contribution < -0.4 is 15.0 Å². The average molecular weight is 350 g/mol. The van der Waals surface area contributed by atoms with Crippen molar-refractivity contribution in [2.24, 2.45) is 5.73 Å². The summed E-state index contributed by atoms with van der Waals surface area (Å²) < 4.78 is 12.9. The summed E-state index contributed by atoms with van der Waals surface area (Å²) in [6.45, 7) is 1.18. The van der Waals surface area contributed by atoms with Crippen molar-refractivity contribution in [2.75, 3.05) is 13.2 Å². The van der Waals surface area contributed by atoms with Gasteiger partial charge in [-0.15, -0.1) is 0 Å². The summed E-state index contributed by atoms with van der Waals surface area (Å²) in [6, 6.07) is 15.2. The third kappa shape index (κ3) is 4.87. The lowest BCUT2D eigenvalue weighted by Gasteiger charge is -2.03. The van der Waals surface area contributed by atoms with Gasteiger partial charge in [0.05, 0.1) is 12.1 Å². The molecule has 3 rings (SSSR count). The molecule has 0 aliphatic carbocycles. The van der Waals surface area contributed by atoms with Crippen molar-refractivity contribution in [1.29, 1.82) is 0 Å². The van der Waals surface area contributed by atoms with Crippen LogP contribution in [0.5, 0.6) is 5.88 Å². The van der Waals surface area contributed by atoms with Crippen LogP contribution in [0.1, 0.15) is 10.4 Å². The molecule has 0 radical (unpaired) electrons. The fourth-order valence-corrected chi connectivity index (χ4v) is 2.37. The van der Waals surface area contributed by atoms with Gasteiger partial charge in [0.1, 0.15) is 12.2 Å². The van der Waals surface area contributed by atoms with Gasteiger partial charge in [0.2, 0.25) is 5.88 Å². The fraction of sp³-hybridized carbons (Fsp3) is 0.150. The molecule has 3 aromatic rings. The lowest BCUT2D eigenvalue weighted by molar-refractivity contribution is -0.732. The number of ether oxygens (including phenoxy) is 2. The predicted octanol–water partition coefficient (Wildman–Crippen LogP) is 2.23. The molecule has 0 atom stereocenters. The molecule has 0 fully saturated rings. The molecule has 0 unspecified atom stereocenters. The number of nitrogens with two attached hydrogens (primary N) is 1. The highest BCUT2D eigenvalue weighted by Crippen LogP contribution is 2.15. The molecule has 1 aromatic carbocycles. The number of amides is 1. The molecular weight excluding hydrogens is 330 g/mol. The van der Waals surface area contributed by atoms with Crippen molar-refractivity contribution < 1.29 is 18.8 Å². The number of rotatable bonds is 8. The molecule has 2 N–H and O–H groups in total. The highest BCUT2D eigenvalue weighted by Gasteiger charge is 2.06. The van der Waals surface area contributed by atoms with Crippen LogP contribution >= 0.6 is 0 Å². The number of aromatic nitrogens is 2. The second-order valence-corrected chi connectivity index (χ2v) is 5.60. The molecule has 6 heteroatoms. The Morgan fingerprint density at radius 2 is 1.92 bits per heavy atom. The number of pyridine rings is 2. The Morgan fingerprint density at radius 1 is 1.08 bits per heavy atom.